The fourth-order valence-electron chi connectivity index (χ4n) is 2.25. The molecule has 0 amide bonds. The van der Waals surface area contributed by atoms with Gasteiger partial charge in [0.2, 0.25) is 11.6 Å². The Balaban J connectivity index is 1.67. The van der Waals surface area contributed by atoms with Gasteiger partial charge in [-0.05, 0) is 31.2 Å². The van der Waals surface area contributed by atoms with Gasteiger partial charge in [0.15, 0.2) is 5.76 Å². The van der Waals surface area contributed by atoms with Crippen molar-refractivity contribution < 1.29 is 18.3 Å². The van der Waals surface area contributed by atoms with Gasteiger partial charge in [0, 0.05) is 13.7 Å². The van der Waals surface area contributed by atoms with E-state index >= 15 is 0 Å². The average Bonchev–Trinajstić information content (AvgIpc) is 3.28. The van der Waals surface area contributed by atoms with Crippen LogP contribution in [0.25, 0.3) is 11.7 Å². The Bertz CT molecular complexity index is 890. The largest absolute Gasteiger partial charge is 0.486 e. The van der Waals surface area contributed by atoms with E-state index in [1.54, 1.807) is 19.2 Å². The van der Waals surface area contributed by atoms with Crippen molar-refractivity contribution in [3.63, 3.8) is 0 Å². The minimum Gasteiger partial charge on any atom is -0.486 e. The van der Waals surface area contributed by atoms with Crippen molar-refractivity contribution in [3.05, 3.63) is 53.4 Å². The molecule has 1 aromatic carbocycles. The molecule has 0 aliphatic rings. The van der Waals surface area contributed by atoms with Crippen LogP contribution in [0.5, 0.6) is 5.75 Å². The summed E-state index contributed by atoms with van der Waals surface area (Å²) in [4.78, 5) is 4.15. The molecule has 0 spiro atoms. The molecule has 0 saturated carbocycles. The number of aryl methyl sites for hydroxylation is 1. The van der Waals surface area contributed by atoms with Gasteiger partial charge in [0.05, 0.1) is 6.61 Å². The monoisotopic (exact) mass is 353 g/mol. The number of rotatable bonds is 8. The Morgan fingerprint density at radius 1 is 1.15 bits per heavy atom. The molecule has 2 aromatic heterocycles. The zero-order valence-corrected chi connectivity index (χ0v) is 14.6. The molecule has 134 valence electrons. The fraction of sp³-hybridized carbons (Fsp3) is 0.263. The van der Waals surface area contributed by atoms with E-state index in [1.165, 1.54) is 5.56 Å². The number of oxazole rings is 1. The van der Waals surface area contributed by atoms with Gasteiger partial charge in [-0.2, -0.15) is 10.2 Å². The van der Waals surface area contributed by atoms with Gasteiger partial charge in [-0.1, -0.05) is 17.7 Å². The van der Waals surface area contributed by atoms with E-state index in [9.17, 15) is 5.26 Å². The average molecular weight is 353 g/mol. The van der Waals surface area contributed by atoms with Crippen LogP contribution in [0.1, 0.15) is 17.0 Å². The van der Waals surface area contributed by atoms with Crippen LogP contribution in [0, 0.1) is 18.3 Å². The summed E-state index contributed by atoms with van der Waals surface area (Å²) in [6, 6.07) is 13.3. The molecule has 0 bridgehead atoms. The normalized spacial score (nSPS) is 10.5. The first kappa shape index (κ1) is 17.6. The molecule has 7 nitrogen and oxygen atoms in total. The first-order chi connectivity index (χ1) is 12.7. The van der Waals surface area contributed by atoms with E-state index in [4.69, 9.17) is 18.3 Å². The number of hydrogen-bond donors (Lipinski definition) is 1. The van der Waals surface area contributed by atoms with E-state index in [-0.39, 0.29) is 18.2 Å². The highest BCUT2D eigenvalue weighted by Crippen LogP contribution is 2.27. The number of anilines is 1. The highest BCUT2D eigenvalue weighted by atomic mass is 16.5. The number of methoxy groups -OCH3 is 1. The number of nitrogens with one attached hydrogen (secondary N) is 1. The van der Waals surface area contributed by atoms with Gasteiger partial charge < -0.3 is 23.6 Å². The second-order valence-electron chi connectivity index (χ2n) is 5.60. The third-order valence-corrected chi connectivity index (χ3v) is 3.60. The van der Waals surface area contributed by atoms with E-state index in [0.29, 0.717) is 30.6 Å². The minimum absolute atomic E-state index is 0.171. The van der Waals surface area contributed by atoms with Crippen molar-refractivity contribution >= 4 is 5.88 Å². The third kappa shape index (κ3) is 4.23. The van der Waals surface area contributed by atoms with Crippen LogP contribution >= 0.6 is 0 Å². The van der Waals surface area contributed by atoms with Crippen molar-refractivity contribution in [3.8, 4) is 23.5 Å². The SMILES string of the molecule is COCCNc1oc(-c2ccc(COc3ccc(C)cc3)o2)nc1C#N. The van der Waals surface area contributed by atoms with Crippen LogP contribution in [0.15, 0.2) is 45.2 Å². The molecule has 0 atom stereocenters. The Labute approximate surface area is 151 Å². The van der Waals surface area contributed by atoms with Crippen molar-refractivity contribution in [1.82, 2.24) is 4.98 Å². The maximum atomic E-state index is 9.18. The Morgan fingerprint density at radius 2 is 1.96 bits per heavy atom. The molecule has 2 heterocycles. The van der Waals surface area contributed by atoms with E-state index < -0.39 is 0 Å². The molecule has 7 heteroatoms. The predicted octanol–water partition coefficient (Wildman–Crippen LogP) is 3.75. The Hall–Kier alpha value is -3.24. The molecule has 0 aliphatic carbocycles. The van der Waals surface area contributed by atoms with E-state index in [1.807, 2.05) is 37.3 Å². The van der Waals surface area contributed by atoms with Gasteiger partial charge >= 0.3 is 0 Å². The maximum absolute atomic E-state index is 9.18. The number of nitrogens with zero attached hydrogens (tertiary/aromatic N) is 2. The van der Waals surface area contributed by atoms with E-state index in [0.717, 1.165) is 5.75 Å². The summed E-state index contributed by atoms with van der Waals surface area (Å²) in [5, 5.41) is 12.1. The highest BCUT2D eigenvalue weighted by Gasteiger charge is 2.17. The highest BCUT2D eigenvalue weighted by molar-refractivity contribution is 5.54. The molecule has 3 aromatic rings. The van der Waals surface area contributed by atoms with Crippen molar-refractivity contribution in [2.45, 2.75) is 13.5 Å². The minimum atomic E-state index is 0.171. The molecule has 0 aliphatic heterocycles. The molecule has 0 unspecified atom stereocenters. The first-order valence-electron chi connectivity index (χ1n) is 8.12. The van der Waals surface area contributed by atoms with Crippen LogP contribution < -0.4 is 10.1 Å². The summed E-state index contributed by atoms with van der Waals surface area (Å²) in [5.41, 5.74) is 1.34. The zero-order valence-electron chi connectivity index (χ0n) is 14.6. The molecule has 0 radical (unpaired) electrons. The summed E-state index contributed by atoms with van der Waals surface area (Å²) in [6.45, 7) is 3.30. The first-order valence-corrected chi connectivity index (χ1v) is 8.12. The Morgan fingerprint density at radius 3 is 2.69 bits per heavy atom. The molecule has 3 rings (SSSR count). The van der Waals surface area contributed by atoms with Crippen LogP contribution in [0.4, 0.5) is 5.88 Å². The summed E-state index contributed by atoms with van der Waals surface area (Å²) in [7, 11) is 1.60. The molecule has 0 saturated heterocycles. The van der Waals surface area contributed by atoms with Gasteiger partial charge in [-0.15, -0.1) is 0 Å². The standard InChI is InChI=1S/C19H19N3O4/c1-13-3-5-14(6-4-13)24-12-15-7-8-17(25-15)19-22-16(11-20)18(26-19)21-9-10-23-2/h3-8,21H,9-10,12H2,1-2H3. The second kappa shape index (κ2) is 8.23. The molecule has 26 heavy (non-hydrogen) atoms. The van der Waals surface area contributed by atoms with Gasteiger partial charge in [-0.3, -0.25) is 0 Å². The molecular weight excluding hydrogens is 334 g/mol. The van der Waals surface area contributed by atoms with Crippen molar-refractivity contribution in [1.29, 1.82) is 5.26 Å². The topological polar surface area (TPSA) is 93.4 Å². The number of benzene rings is 1. The van der Waals surface area contributed by atoms with E-state index in [2.05, 4.69) is 10.3 Å². The second-order valence-corrected chi connectivity index (χ2v) is 5.60. The van der Waals surface area contributed by atoms with Gasteiger partial charge in [0.25, 0.3) is 5.89 Å². The Kier molecular flexibility index (Phi) is 5.56. The lowest BCUT2D eigenvalue weighted by Gasteiger charge is -2.04. The number of aromatic nitrogens is 1. The van der Waals surface area contributed by atoms with Gasteiger partial charge in [-0.25, -0.2) is 0 Å². The number of nitriles is 1. The summed E-state index contributed by atoms with van der Waals surface area (Å²) < 4.78 is 22.0. The fourth-order valence-corrected chi connectivity index (χ4v) is 2.25. The smallest absolute Gasteiger partial charge is 0.266 e. The van der Waals surface area contributed by atoms with Crippen molar-refractivity contribution in [2.24, 2.45) is 0 Å². The van der Waals surface area contributed by atoms with Crippen LogP contribution in [0.2, 0.25) is 0 Å². The molecule has 0 fully saturated rings. The lowest BCUT2D eigenvalue weighted by molar-refractivity contribution is 0.210. The number of hydrogen-bond acceptors (Lipinski definition) is 7. The molecular formula is C19H19N3O4. The third-order valence-electron chi connectivity index (χ3n) is 3.60. The summed E-state index contributed by atoms with van der Waals surface area (Å²) in [6.07, 6.45) is 0. The lowest BCUT2D eigenvalue weighted by Crippen LogP contribution is -2.07. The number of ether oxygens (including phenoxy) is 2. The number of furan rings is 1. The van der Waals surface area contributed by atoms with Crippen LogP contribution in [0.3, 0.4) is 0 Å². The van der Waals surface area contributed by atoms with Gasteiger partial charge in [0.1, 0.15) is 24.2 Å². The molecule has 1 N–H and O–H groups in total. The quantitative estimate of drug-likeness (QED) is 0.616. The lowest BCUT2D eigenvalue weighted by atomic mass is 10.2. The summed E-state index contributed by atoms with van der Waals surface area (Å²) >= 11 is 0. The summed E-state index contributed by atoms with van der Waals surface area (Å²) in [5.74, 6) is 2.37. The van der Waals surface area contributed by atoms with Crippen molar-refractivity contribution in [2.75, 3.05) is 25.6 Å². The maximum Gasteiger partial charge on any atom is 0.266 e. The van der Waals surface area contributed by atoms with Crippen LogP contribution in [-0.4, -0.2) is 25.2 Å². The zero-order chi connectivity index (χ0) is 18.4. The predicted molar refractivity (Wildman–Crippen MR) is 94.8 cm³/mol. The van der Waals surface area contributed by atoms with Crippen LogP contribution in [-0.2, 0) is 11.3 Å².